The van der Waals surface area contributed by atoms with Crippen molar-refractivity contribution >= 4 is 31.2 Å². The standard InChI is InChI=1S/C12H18N2O4S3/c15-20(16)6-4-10(8-20)14-21(17,18)12-3-5-19-11(12)7-13-9-1-2-9/h3,5,9-10,13-14H,1-2,4,6-8H2. The predicted molar refractivity (Wildman–Crippen MR) is 81.6 cm³/mol. The maximum Gasteiger partial charge on any atom is 0.242 e. The summed E-state index contributed by atoms with van der Waals surface area (Å²) < 4.78 is 50.2. The fourth-order valence-corrected chi connectivity index (χ4v) is 6.84. The molecule has 3 rings (SSSR count). The quantitative estimate of drug-likeness (QED) is 0.778. The van der Waals surface area contributed by atoms with Gasteiger partial charge >= 0.3 is 0 Å². The second kappa shape index (κ2) is 5.62. The Morgan fingerprint density at radius 2 is 2.00 bits per heavy atom. The molecular weight excluding hydrogens is 332 g/mol. The van der Waals surface area contributed by atoms with E-state index in [1.165, 1.54) is 11.3 Å². The van der Waals surface area contributed by atoms with E-state index in [2.05, 4.69) is 10.0 Å². The maximum absolute atomic E-state index is 12.4. The minimum atomic E-state index is -3.65. The number of sulfone groups is 1. The van der Waals surface area contributed by atoms with Gasteiger partial charge in [-0.2, -0.15) is 0 Å². The van der Waals surface area contributed by atoms with E-state index in [-0.39, 0.29) is 16.4 Å². The molecule has 2 aliphatic rings. The molecule has 1 unspecified atom stereocenters. The van der Waals surface area contributed by atoms with Crippen LogP contribution in [0.15, 0.2) is 16.3 Å². The van der Waals surface area contributed by atoms with Crippen molar-refractivity contribution in [1.82, 2.24) is 10.0 Å². The van der Waals surface area contributed by atoms with Crippen molar-refractivity contribution in [1.29, 1.82) is 0 Å². The normalized spacial score (nSPS) is 25.2. The summed E-state index contributed by atoms with van der Waals surface area (Å²) in [7, 11) is -6.75. The van der Waals surface area contributed by atoms with Crippen LogP contribution in [0.4, 0.5) is 0 Å². The second-order valence-electron chi connectivity index (χ2n) is 5.58. The molecule has 0 radical (unpaired) electrons. The summed E-state index contributed by atoms with van der Waals surface area (Å²) in [5.41, 5.74) is 0. The molecule has 2 N–H and O–H groups in total. The van der Waals surface area contributed by atoms with Crippen LogP contribution in [0.3, 0.4) is 0 Å². The monoisotopic (exact) mass is 350 g/mol. The van der Waals surface area contributed by atoms with E-state index in [9.17, 15) is 16.8 Å². The molecule has 118 valence electrons. The Morgan fingerprint density at radius 3 is 2.62 bits per heavy atom. The van der Waals surface area contributed by atoms with Gasteiger partial charge in [0, 0.05) is 23.5 Å². The Morgan fingerprint density at radius 1 is 1.24 bits per heavy atom. The Kier molecular flexibility index (Phi) is 4.12. The Balaban J connectivity index is 1.71. The third kappa shape index (κ3) is 3.84. The largest absolute Gasteiger partial charge is 0.309 e. The molecule has 0 amide bonds. The van der Waals surface area contributed by atoms with Crippen molar-refractivity contribution in [3.8, 4) is 0 Å². The maximum atomic E-state index is 12.4. The van der Waals surface area contributed by atoms with Crippen LogP contribution in [0.25, 0.3) is 0 Å². The molecule has 1 aliphatic carbocycles. The minimum absolute atomic E-state index is 0.0555. The highest BCUT2D eigenvalue weighted by atomic mass is 32.2. The minimum Gasteiger partial charge on any atom is -0.309 e. The van der Waals surface area contributed by atoms with Gasteiger partial charge in [-0.1, -0.05) is 0 Å². The highest BCUT2D eigenvalue weighted by Crippen LogP contribution is 2.25. The average Bonchev–Trinajstić information content (AvgIpc) is 2.97. The van der Waals surface area contributed by atoms with E-state index in [0.29, 0.717) is 19.0 Å². The third-order valence-electron chi connectivity index (χ3n) is 3.68. The summed E-state index contributed by atoms with van der Waals surface area (Å²) in [4.78, 5) is 1.04. The van der Waals surface area contributed by atoms with Crippen LogP contribution in [0, 0.1) is 0 Å². The van der Waals surface area contributed by atoms with Crippen molar-refractivity contribution in [3.05, 3.63) is 16.3 Å². The number of thiophene rings is 1. The first-order valence-electron chi connectivity index (χ1n) is 6.88. The average molecular weight is 350 g/mol. The SMILES string of the molecule is O=S1(=O)CCC(NS(=O)(=O)c2ccsc2CNC2CC2)C1. The van der Waals surface area contributed by atoms with Crippen LogP contribution >= 0.6 is 11.3 Å². The first-order valence-corrected chi connectivity index (χ1v) is 11.1. The predicted octanol–water partition coefficient (Wildman–Crippen LogP) is 0.465. The van der Waals surface area contributed by atoms with Crippen molar-refractivity contribution in [2.24, 2.45) is 0 Å². The lowest BCUT2D eigenvalue weighted by Crippen LogP contribution is -2.36. The summed E-state index contributed by atoms with van der Waals surface area (Å²) in [5.74, 6) is -0.0497. The molecule has 21 heavy (non-hydrogen) atoms. The fraction of sp³-hybridized carbons (Fsp3) is 0.667. The first kappa shape index (κ1) is 15.4. The molecule has 9 heteroatoms. The number of sulfonamides is 1. The van der Waals surface area contributed by atoms with Gasteiger partial charge in [0.15, 0.2) is 9.84 Å². The van der Waals surface area contributed by atoms with Crippen LogP contribution in [0.5, 0.6) is 0 Å². The molecule has 1 aliphatic heterocycles. The van der Waals surface area contributed by atoms with Gasteiger partial charge in [-0.15, -0.1) is 11.3 Å². The van der Waals surface area contributed by atoms with E-state index in [1.807, 2.05) is 0 Å². The van der Waals surface area contributed by atoms with Crippen LogP contribution in [-0.2, 0) is 26.4 Å². The molecule has 1 aromatic heterocycles. The highest BCUT2D eigenvalue weighted by Gasteiger charge is 2.32. The Hall–Kier alpha value is -0.480. The number of nitrogens with one attached hydrogen (secondary N) is 2. The van der Waals surface area contributed by atoms with Gasteiger partial charge in [-0.3, -0.25) is 0 Å². The zero-order chi connectivity index (χ0) is 15.1. The molecule has 0 spiro atoms. The summed E-state index contributed by atoms with van der Waals surface area (Å²) in [6, 6.07) is 1.58. The van der Waals surface area contributed by atoms with Crippen LogP contribution in [-0.4, -0.2) is 40.4 Å². The van der Waals surface area contributed by atoms with Gasteiger partial charge in [0.25, 0.3) is 0 Å². The molecule has 1 saturated heterocycles. The number of rotatable bonds is 6. The van der Waals surface area contributed by atoms with Crippen LogP contribution < -0.4 is 10.0 Å². The summed E-state index contributed by atoms with van der Waals surface area (Å²) in [6.07, 6.45) is 2.64. The van der Waals surface area contributed by atoms with Crippen molar-refractivity contribution in [2.75, 3.05) is 11.5 Å². The van der Waals surface area contributed by atoms with Gasteiger partial charge in [0.2, 0.25) is 10.0 Å². The zero-order valence-electron chi connectivity index (χ0n) is 11.4. The molecule has 1 aromatic rings. The third-order valence-corrected chi connectivity index (χ3v) is 8.10. The van der Waals surface area contributed by atoms with Crippen molar-refractivity contribution < 1.29 is 16.8 Å². The summed E-state index contributed by atoms with van der Waals surface area (Å²) in [5, 5.41) is 5.05. The summed E-state index contributed by atoms with van der Waals surface area (Å²) >= 11 is 1.40. The molecule has 2 fully saturated rings. The molecule has 2 heterocycles. The topological polar surface area (TPSA) is 92.3 Å². The smallest absolute Gasteiger partial charge is 0.242 e. The van der Waals surface area contributed by atoms with Crippen LogP contribution in [0.2, 0.25) is 0 Å². The lowest BCUT2D eigenvalue weighted by molar-refractivity contribution is 0.561. The van der Waals surface area contributed by atoms with E-state index in [0.717, 1.165) is 17.7 Å². The Labute approximate surface area is 128 Å². The van der Waals surface area contributed by atoms with Crippen molar-refractivity contribution in [3.63, 3.8) is 0 Å². The molecule has 1 saturated carbocycles. The van der Waals surface area contributed by atoms with E-state index >= 15 is 0 Å². The molecule has 6 nitrogen and oxygen atoms in total. The lowest BCUT2D eigenvalue weighted by atomic mass is 10.3. The van der Waals surface area contributed by atoms with Gasteiger partial charge < -0.3 is 5.32 Å². The van der Waals surface area contributed by atoms with Gasteiger partial charge in [0.05, 0.1) is 16.4 Å². The number of hydrogen-bond acceptors (Lipinski definition) is 6. The summed E-state index contributed by atoms with van der Waals surface area (Å²) in [6.45, 7) is 0.543. The molecule has 0 bridgehead atoms. The van der Waals surface area contributed by atoms with Gasteiger partial charge in [0.1, 0.15) is 0 Å². The number of hydrogen-bond donors (Lipinski definition) is 2. The van der Waals surface area contributed by atoms with E-state index in [4.69, 9.17) is 0 Å². The van der Waals surface area contributed by atoms with Gasteiger partial charge in [-0.05, 0) is 30.7 Å². The fourth-order valence-electron chi connectivity index (χ4n) is 2.39. The highest BCUT2D eigenvalue weighted by molar-refractivity contribution is 7.92. The van der Waals surface area contributed by atoms with Crippen molar-refractivity contribution in [2.45, 2.75) is 42.8 Å². The first-order chi connectivity index (χ1) is 9.86. The molecule has 1 atom stereocenters. The van der Waals surface area contributed by atoms with Gasteiger partial charge in [-0.25, -0.2) is 21.6 Å². The molecular formula is C12H18N2O4S3. The van der Waals surface area contributed by atoms with Crippen LogP contribution in [0.1, 0.15) is 24.1 Å². The lowest BCUT2D eigenvalue weighted by Gasteiger charge is -2.12. The molecule has 0 aromatic carbocycles. The zero-order valence-corrected chi connectivity index (χ0v) is 13.9. The van der Waals surface area contributed by atoms with E-state index in [1.54, 1.807) is 11.4 Å². The van der Waals surface area contributed by atoms with E-state index < -0.39 is 25.9 Å². The Bertz CT molecular complexity index is 719. The second-order valence-corrected chi connectivity index (χ2v) is 10.5.